The lowest BCUT2D eigenvalue weighted by atomic mass is 10.4. The summed E-state index contributed by atoms with van der Waals surface area (Å²) in [7, 11) is 0. The molecule has 10 heavy (non-hydrogen) atoms. The topological polar surface area (TPSA) is 12.4 Å². The van der Waals surface area contributed by atoms with Crippen molar-refractivity contribution in [1.82, 2.24) is 0 Å². The summed E-state index contributed by atoms with van der Waals surface area (Å²) < 4.78 is 0. The first-order valence-corrected chi connectivity index (χ1v) is 3.31. The molecule has 0 aliphatic rings. The van der Waals surface area contributed by atoms with E-state index in [0.717, 1.165) is 11.4 Å². The third-order valence-corrected chi connectivity index (χ3v) is 0.818. The zero-order valence-corrected chi connectivity index (χ0v) is 7.44. The number of allylic oxidation sites excluding steroid dienone is 2. The van der Waals surface area contributed by atoms with Crippen molar-refractivity contribution in [2.24, 2.45) is 4.99 Å². The summed E-state index contributed by atoms with van der Waals surface area (Å²) in [5.41, 5.74) is 2.20. The molecule has 0 bridgehead atoms. The zero-order valence-electron chi connectivity index (χ0n) is 7.44. The molecule has 0 spiro atoms. The first kappa shape index (κ1) is 11.9. The quantitative estimate of drug-likeness (QED) is 0.391. The summed E-state index contributed by atoms with van der Waals surface area (Å²) in [4.78, 5) is 4.17. The van der Waals surface area contributed by atoms with Gasteiger partial charge in [-0.3, -0.25) is 4.99 Å². The van der Waals surface area contributed by atoms with Crippen molar-refractivity contribution >= 4 is 5.71 Å². The van der Waals surface area contributed by atoms with Gasteiger partial charge in [0.1, 0.15) is 0 Å². The van der Waals surface area contributed by atoms with E-state index in [0.29, 0.717) is 0 Å². The molecule has 0 amide bonds. The minimum Gasteiger partial charge on any atom is -0.263 e. The largest absolute Gasteiger partial charge is 0.263 e. The first-order chi connectivity index (χ1) is 4.66. The molecule has 0 heterocycles. The second kappa shape index (κ2) is 8.15. The summed E-state index contributed by atoms with van der Waals surface area (Å²) in [5.74, 6) is 0. The molecule has 0 aliphatic carbocycles. The Hall–Kier alpha value is -0.850. The second-order valence-electron chi connectivity index (χ2n) is 1.99. The van der Waals surface area contributed by atoms with Crippen LogP contribution in [-0.4, -0.2) is 5.71 Å². The molecule has 0 fully saturated rings. The van der Waals surface area contributed by atoms with E-state index in [1.165, 1.54) is 0 Å². The minimum atomic E-state index is 1.09. The van der Waals surface area contributed by atoms with Gasteiger partial charge >= 0.3 is 0 Å². The second-order valence-corrected chi connectivity index (χ2v) is 1.99. The Morgan fingerprint density at radius 2 is 1.60 bits per heavy atom. The Morgan fingerprint density at radius 1 is 1.20 bits per heavy atom. The van der Waals surface area contributed by atoms with Crippen molar-refractivity contribution in [1.29, 1.82) is 0 Å². The number of hydrogen-bond acceptors (Lipinski definition) is 1. The van der Waals surface area contributed by atoms with Gasteiger partial charge in [-0.15, -0.1) is 13.2 Å². The van der Waals surface area contributed by atoms with Gasteiger partial charge in [-0.05, 0) is 27.7 Å². The Balaban J connectivity index is 0. The van der Waals surface area contributed by atoms with Gasteiger partial charge in [0.2, 0.25) is 0 Å². The fourth-order valence-corrected chi connectivity index (χ4v) is 0.417. The van der Waals surface area contributed by atoms with E-state index in [1.807, 2.05) is 33.8 Å². The van der Waals surface area contributed by atoms with Crippen LogP contribution in [0.5, 0.6) is 0 Å². The van der Waals surface area contributed by atoms with E-state index in [1.54, 1.807) is 0 Å². The summed E-state index contributed by atoms with van der Waals surface area (Å²) in [5, 5.41) is 0. The molecule has 0 radical (unpaired) electrons. The highest BCUT2D eigenvalue weighted by molar-refractivity contribution is 5.80. The predicted octanol–water partition coefficient (Wildman–Crippen LogP) is 3.19. The molecule has 0 N–H and O–H groups in total. The van der Waals surface area contributed by atoms with Crippen LogP contribution in [0.2, 0.25) is 0 Å². The molecule has 58 valence electrons. The standard InChI is InChI=1S/C7H13N.C2H4/c1-5-7(4)8-6(2)3;1-2/h5H,1-4H3;1-2H2/b7-5-;. The first-order valence-electron chi connectivity index (χ1n) is 3.31. The normalized spacial score (nSPS) is 9.40. The maximum Gasteiger partial charge on any atom is 0.0329 e. The van der Waals surface area contributed by atoms with Gasteiger partial charge in [0, 0.05) is 11.4 Å². The molecule has 0 aliphatic heterocycles. The van der Waals surface area contributed by atoms with Crippen LogP contribution >= 0.6 is 0 Å². The van der Waals surface area contributed by atoms with E-state index in [2.05, 4.69) is 18.2 Å². The van der Waals surface area contributed by atoms with Crippen LogP contribution in [0.25, 0.3) is 0 Å². The monoisotopic (exact) mass is 139 g/mol. The maximum atomic E-state index is 4.17. The molecular formula is C9H17N. The van der Waals surface area contributed by atoms with Crippen LogP contribution in [0.1, 0.15) is 27.7 Å². The zero-order chi connectivity index (χ0) is 8.57. The number of rotatable bonds is 1. The molecular weight excluding hydrogens is 122 g/mol. The van der Waals surface area contributed by atoms with Crippen molar-refractivity contribution < 1.29 is 0 Å². The molecule has 0 aromatic heterocycles. The lowest BCUT2D eigenvalue weighted by Crippen LogP contribution is -1.79. The van der Waals surface area contributed by atoms with E-state index in [-0.39, 0.29) is 0 Å². The van der Waals surface area contributed by atoms with E-state index in [9.17, 15) is 0 Å². The highest BCUT2D eigenvalue weighted by atomic mass is 14.7. The predicted molar refractivity (Wildman–Crippen MR) is 49.5 cm³/mol. The molecule has 1 nitrogen and oxygen atoms in total. The third kappa shape index (κ3) is 10.2. The molecule has 0 saturated heterocycles. The molecule has 0 atom stereocenters. The Morgan fingerprint density at radius 3 is 1.70 bits per heavy atom. The van der Waals surface area contributed by atoms with Crippen LogP contribution < -0.4 is 0 Å². The van der Waals surface area contributed by atoms with Gasteiger partial charge in [-0.25, -0.2) is 0 Å². The van der Waals surface area contributed by atoms with Gasteiger partial charge in [0.15, 0.2) is 0 Å². The van der Waals surface area contributed by atoms with Gasteiger partial charge in [-0.2, -0.15) is 0 Å². The SMILES string of the molecule is C/C=C(/C)N=C(C)C.C=C. The number of hydrogen-bond donors (Lipinski definition) is 0. The Kier molecular flexibility index (Phi) is 9.69. The van der Waals surface area contributed by atoms with Crippen molar-refractivity contribution in [3.05, 3.63) is 24.9 Å². The molecule has 0 aromatic rings. The highest BCUT2D eigenvalue weighted by Crippen LogP contribution is 1.92. The van der Waals surface area contributed by atoms with Crippen LogP contribution in [0, 0.1) is 0 Å². The van der Waals surface area contributed by atoms with Crippen LogP contribution in [0.3, 0.4) is 0 Å². The Bertz CT molecular complexity index is 128. The maximum absolute atomic E-state index is 4.17. The Labute approximate surface area is 64.2 Å². The fourth-order valence-electron chi connectivity index (χ4n) is 0.417. The van der Waals surface area contributed by atoms with Crippen LogP contribution in [0.4, 0.5) is 0 Å². The van der Waals surface area contributed by atoms with Crippen molar-refractivity contribution in [2.45, 2.75) is 27.7 Å². The van der Waals surface area contributed by atoms with Crippen LogP contribution in [-0.2, 0) is 0 Å². The van der Waals surface area contributed by atoms with Gasteiger partial charge in [0.05, 0.1) is 0 Å². The van der Waals surface area contributed by atoms with Gasteiger partial charge in [-0.1, -0.05) is 6.08 Å². The van der Waals surface area contributed by atoms with E-state index < -0.39 is 0 Å². The minimum absolute atomic E-state index is 1.09. The lowest BCUT2D eigenvalue weighted by molar-refractivity contribution is 1.27. The average molecular weight is 139 g/mol. The lowest BCUT2D eigenvalue weighted by Gasteiger charge is -1.88. The van der Waals surface area contributed by atoms with Gasteiger partial charge < -0.3 is 0 Å². The van der Waals surface area contributed by atoms with E-state index in [4.69, 9.17) is 0 Å². The molecule has 1 heteroatoms. The molecule has 0 saturated carbocycles. The van der Waals surface area contributed by atoms with Crippen molar-refractivity contribution in [3.8, 4) is 0 Å². The molecule has 0 aromatic carbocycles. The smallest absolute Gasteiger partial charge is 0.0329 e. The molecule has 0 unspecified atom stereocenters. The average Bonchev–Trinajstić information content (AvgIpc) is 1.91. The van der Waals surface area contributed by atoms with Gasteiger partial charge in [0.25, 0.3) is 0 Å². The highest BCUT2D eigenvalue weighted by Gasteiger charge is 1.78. The summed E-state index contributed by atoms with van der Waals surface area (Å²) in [6.45, 7) is 14.0. The summed E-state index contributed by atoms with van der Waals surface area (Å²) in [6.07, 6.45) is 1.99. The molecule has 0 rings (SSSR count). The summed E-state index contributed by atoms with van der Waals surface area (Å²) in [6, 6.07) is 0. The number of aliphatic imine (C=N–C) groups is 1. The summed E-state index contributed by atoms with van der Waals surface area (Å²) >= 11 is 0. The van der Waals surface area contributed by atoms with Crippen molar-refractivity contribution in [2.75, 3.05) is 0 Å². The number of nitrogens with zero attached hydrogens (tertiary/aromatic N) is 1. The van der Waals surface area contributed by atoms with Crippen molar-refractivity contribution in [3.63, 3.8) is 0 Å². The van der Waals surface area contributed by atoms with Crippen LogP contribution in [0.15, 0.2) is 29.9 Å². The van der Waals surface area contributed by atoms with E-state index >= 15 is 0 Å². The fraction of sp³-hybridized carbons (Fsp3) is 0.444. The third-order valence-electron chi connectivity index (χ3n) is 0.818.